The molecule has 0 aliphatic heterocycles. The normalized spacial score (nSPS) is 10.9. The number of rotatable bonds is 5. The largest absolute Gasteiger partial charge is 0.378 e. The Morgan fingerprint density at radius 2 is 2.29 bits per heavy atom. The van der Waals surface area contributed by atoms with Crippen molar-refractivity contribution in [1.82, 2.24) is 15.0 Å². The fourth-order valence-electron chi connectivity index (χ4n) is 1.22. The summed E-state index contributed by atoms with van der Waals surface area (Å²) in [5, 5.41) is 7.67. The fourth-order valence-corrected chi connectivity index (χ4v) is 1.22. The summed E-state index contributed by atoms with van der Waals surface area (Å²) in [6.45, 7) is 5.28. The first-order valence-corrected chi connectivity index (χ1v) is 4.55. The standard InChI is InChI=1S/C9H15N3O2/c1-7(2)4-12-9(6-14-3)8(5-13)10-11-12/h5,7H,4,6H2,1-3H3. The summed E-state index contributed by atoms with van der Waals surface area (Å²) in [7, 11) is 1.58. The third-order valence-corrected chi connectivity index (χ3v) is 1.80. The van der Waals surface area contributed by atoms with Gasteiger partial charge in [0, 0.05) is 13.7 Å². The molecule has 1 aromatic rings. The molecule has 0 saturated heterocycles. The van der Waals surface area contributed by atoms with Crippen LogP contribution < -0.4 is 0 Å². The maximum atomic E-state index is 10.6. The van der Waals surface area contributed by atoms with Crippen molar-refractivity contribution in [3.8, 4) is 0 Å². The second kappa shape index (κ2) is 4.85. The van der Waals surface area contributed by atoms with Gasteiger partial charge in [-0.05, 0) is 5.92 Å². The molecule has 0 aromatic carbocycles. The minimum absolute atomic E-state index is 0.368. The molecule has 0 N–H and O–H groups in total. The van der Waals surface area contributed by atoms with Crippen LogP contribution in [0.2, 0.25) is 0 Å². The van der Waals surface area contributed by atoms with E-state index in [-0.39, 0.29) is 0 Å². The van der Waals surface area contributed by atoms with Crippen LogP contribution in [-0.4, -0.2) is 28.4 Å². The zero-order valence-corrected chi connectivity index (χ0v) is 8.73. The van der Waals surface area contributed by atoms with E-state index in [0.29, 0.717) is 24.5 Å². The van der Waals surface area contributed by atoms with Gasteiger partial charge in [-0.15, -0.1) is 5.10 Å². The minimum Gasteiger partial charge on any atom is -0.378 e. The van der Waals surface area contributed by atoms with Crippen LogP contribution in [0.25, 0.3) is 0 Å². The second-order valence-electron chi connectivity index (χ2n) is 3.55. The van der Waals surface area contributed by atoms with Crippen molar-refractivity contribution >= 4 is 6.29 Å². The molecule has 1 heterocycles. The first-order chi connectivity index (χ1) is 6.69. The first-order valence-electron chi connectivity index (χ1n) is 4.55. The molecule has 0 spiro atoms. The lowest BCUT2D eigenvalue weighted by Gasteiger charge is -2.07. The molecule has 5 heteroatoms. The molecule has 1 rings (SSSR count). The van der Waals surface area contributed by atoms with Crippen molar-refractivity contribution in [2.75, 3.05) is 7.11 Å². The summed E-state index contributed by atoms with van der Waals surface area (Å²) in [5.41, 5.74) is 1.11. The van der Waals surface area contributed by atoms with E-state index in [2.05, 4.69) is 24.2 Å². The monoisotopic (exact) mass is 197 g/mol. The fraction of sp³-hybridized carbons (Fsp3) is 0.667. The van der Waals surface area contributed by atoms with Gasteiger partial charge in [0.2, 0.25) is 0 Å². The van der Waals surface area contributed by atoms with Crippen LogP contribution in [0.15, 0.2) is 0 Å². The zero-order valence-electron chi connectivity index (χ0n) is 8.73. The highest BCUT2D eigenvalue weighted by atomic mass is 16.5. The van der Waals surface area contributed by atoms with Gasteiger partial charge in [-0.1, -0.05) is 19.1 Å². The van der Waals surface area contributed by atoms with Gasteiger partial charge >= 0.3 is 0 Å². The maximum Gasteiger partial charge on any atom is 0.172 e. The third kappa shape index (κ3) is 2.38. The quantitative estimate of drug-likeness (QED) is 0.658. The Morgan fingerprint density at radius 1 is 1.57 bits per heavy atom. The Morgan fingerprint density at radius 3 is 2.79 bits per heavy atom. The Labute approximate surface area is 83.1 Å². The van der Waals surface area contributed by atoms with E-state index < -0.39 is 0 Å². The predicted molar refractivity (Wildman–Crippen MR) is 51.0 cm³/mol. The van der Waals surface area contributed by atoms with Crippen LogP contribution in [0, 0.1) is 5.92 Å². The molecule has 14 heavy (non-hydrogen) atoms. The van der Waals surface area contributed by atoms with E-state index in [1.54, 1.807) is 11.8 Å². The van der Waals surface area contributed by atoms with Gasteiger partial charge in [0.15, 0.2) is 12.0 Å². The molecule has 78 valence electrons. The number of carbonyl (C=O) groups is 1. The first kappa shape index (κ1) is 10.8. The van der Waals surface area contributed by atoms with E-state index in [1.807, 2.05) is 0 Å². The Kier molecular flexibility index (Phi) is 3.76. The molecule has 0 amide bonds. The summed E-state index contributed by atoms with van der Waals surface area (Å²) < 4.78 is 6.71. The molecule has 5 nitrogen and oxygen atoms in total. The van der Waals surface area contributed by atoms with Crippen LogP contribution in [0.3, 0.4) is 0 Å². The molecule has 0 radical (unpaired) electrons. The number of hydrogen-bond acceptors (Lipinski definition) is 4. The SMILES string of the molecule is COCc1c(C=O)nnn1CC(C)C. The Bertz CT molecular complexity index is 307. The van der Waals surface area contributed by atoms with Gasteiger partial charge in [-0.3, -0.25) is 4.79 Å². The van der Waals surface area contributed by atoms with Gasteiger partial charge in [0.25, 0.3) is 0 Å². The molecule has 0 fully saturated rings. The molecule has 1 aromatic heterocycles. The highest BCUT2D eigenvalue weighted by Crippen LogP contribution is 2.07. The lowest BCUT2D eigenvalue weighted by atomic mass is 10.2. The average molecular weight is 197 g/mol. The smallest absolute Gasteiger partial charge is 0.172 e. The van der Waals surface area contributed by atoms with Crippen molar-refractivity contribution < 1.29 is 9.53 Å². The summed E-state index contributed by atoms with van der Waals surface area (Å²) in [6, 6.07) is 0. The topological polar surface area (TPSA) is 57.0 Å². The molecule has 0 saturated carbocycles. The van der Waals surface area contributed by atoms with Gasteiger partial charge in [-0.25, -0.2) is 4.68 Å². The van der Waals surface area contributed by atoms with Crippen molar-refractivity contribution in [3.63, 3.8) is 0 Å². The number of methoxy groups -OCH3 is 1. The zero-order chi connectivity index (χ0) is 10.6. The number of carbonyl (C=O) groups excluding carboxylic acids is 1. The van der Waals surface area contributed by atoms with Crippen LogP contribution in [0.5, 0.6) is 0 Å². The molecule has 0 atom stereocenters. The average Bonchev–Trinajstić information content (AvgIpc) is 2.48. The molecule has 0 aliphatic rings. The Hall–Kier alpha value is -1.23. The van der Waals surface area contributed by atoms with Crippen molar-refractivity contribution in [2.24, 2.45) is 5.92 Å². The number of aromatic nitrogens is 3. The summed E-state index contributed by atoms with van der Waals surface area (Å²) >= 11 is 0. The van der Waals surface area contributed by atoms with Gasteiger partial charge in [0.05, 0.1) is 12.3 Å². The third-order valence-electron chi connectivity index (χ3n) is 1.80. The maximum absolute atomic E-state index is 10.6. The van der Waals surface area contributed by atoms with Crippen LogP contribution in [-0.2, 0) is 17.9 Å². The number of hydrogen-bond donors (Lipinski definition) is 0. The van der Waals surface area contributed by atoms with Crippen LogP contribution >= 0.6 is 0 Å². The summed E-state index contributed by atoms with van der Waals surface area (Å²) in [5.74, 6) is 0.465. The summed E-state index contributed by atoms with van der Waals surface area (Å²) in [6.07, 6.45) is 0.707. The van der Waals surface area contributed by atoms with E-state index in [9.17, 15) is 4.79 Å². The lowest BCUT2D eigenvalue weighted by molar-refractivity contribution is 0.111. The lowest BCUT2D eigenvalue weighted by Crippen LogP contribution is -2.11. The predicted octanol–water partition coefficient (Wildman–Crippen LogP) is 0.893. The number of nitrogens with zero attached hydrogens (tertiary/aromatic N) is 3. The highest BCUT2D eigenvalue weighted by molar-refractivity contribution is 5.73. The van der Waals surface area contributed by atoms with Gasteiger partial charge in [-0.2, -0.15) is 0 Å². The van der Waals surface area contributed by atoms with E-state index in [4.69, 9.17) is 4.74 Å². The van der Waals surface area contributed by atoms with Crippen LogP contribution in [0.4, 0.5) is 0 Å². The molecule has 0 aliphatic carbocycles. The van der Waals surface area contributed by atoms with Crippen molar-refractivity contribution in [3.05, 3.63) is 11.4 Å². The van der Waals surface area contributed by atoms with Crippen molar-refractivity contribution in [2.45, 2.75) is 27.0 Å². The van der Waals surface area contributed by atoms with E-state index >= 15 is 0 Å². The second-order valence-corrected chi connectivity index (χ2v) is 3.55. The van der Waals surface area contributed by atoms with Crippen LogP contribution in [0.1, 0.15) is 30.0 Å². The number of aldehydes is 1. The van der Waals surface area contributed by atoms with Gasteiger partial charge in [0.1, 0.15) is 0 Å². The van der Waals surface area contributed by atoms with Gasteiger partial charge < -0.3 is 4.74 Å². The molecule has 0 bridgehead atoms. The number of ether oxygens (including phenoxy) is 1. The molecular weight excluding hydrogens is 182 g/mol. The van der Waals surface area contributed by atoms with E-state index in [0.717, 1.165) is 12.2 Å². The molecule has 0 unspecified atom stereocenters. The molecular formula is C9H15N3O2. The summed E-state index contributed by atoms with van der Waals surface area (Å²) in [4.78, 5) is 10.6. The van der Waals surface area contributed by atoms with Crippen molar-refractivity contribution in [1.29, 1.82) is 0 Å². The minimum atomic E-state index is 0.368. The highest BCUT2D eigenvalue weighted by Gasteiger charge is 2.12. The van der Waals surface area contributed by atoms with E-state index in [1.165, 1.54) is 0 Å². The Balaban J connectivity index is 2.91.